The minimum atomic E-state index is -0.0923. The zero-order valence-electron chi connectivity index (χ0n) is 14.1. The molecule has 0 aliphatic carbocycles. The summed E-state index contributed by atoms with van der Waals surface area (Å²) >= 11 is 0. The van der Waals surface area contributed by atoms with Gasteiger partial charge in [-0.2, -0.15) is 0 Å². The molecular formula is C17H25N5O. The second kappa shape index (κ2) is 6.66. The van der Waals surface area contributed by atoms with Crippen LogP contribution in [-0.2, 0) is 6.61 Å². The van der Waals surface area contributed by atoms with Crippen molar-refractivity contribution < 1.29 is 5.11 Å². The molecule has 0 spiro atoms. The van der Waals surface area contributed by atoms with Gasteiger partial charge < -0.3 is 10.0 Å². The molecule has 1 aliphatic heterocycles. The van der Waals surface area contributed by atoms with Gasteiger partial charge in [0.05, 0.1) is 24.2 Å². The zero-order valence-corrected chi connectivity index (χ0v) is 14.1. The molecule has 0 unspecified atom stereocenters. The highest BCUT2D eigenvalue weighted by molar-refractivity contribution is 5.44. The van der Waals surface area contributed by atoms with Crippen LogP contribution < -0.4 is 4.90 Å². The summed E-state index contributed by atoms with van der Waals surface area (Å²) in [7, 11) is 0. The van der Waals surface area contributed by atoms with Gasteiger partial charge in [0.1, 0.15) is 11.5 Å². The number of pyridine rings is 1. The minimum Gasteiger partial charge on any atom is -0.390 e. The quantitative estimate of drug-likeness (QED) is 0.939. The van der Waals surface area contributed by atoms with E-state index in [4.69, 9.17) is 0 Å². The van der Waals surface area contributed by atoms with Crippen molar-refractivity contribution in [2.45, 2.75) is 46.1 Å². The summed E-state index contributed by atoms with van der Waals surface area (Å²) in [6.45, 7) is 8.51. The minimum absolute atomic E-state index is 0.0923. The van der Waals surface area contributed by atoms with Gasteiger partial charge in [-0.25, -0.2) is 9.67 Å². The second-order valence-corrected chi connectivity index (χ2v) is 6.69. The van der Waals surface area contributed by atoms with Gasteiger partial charge in [-0.3, -0.25) is 0 Å². The van der Waals surface area contributed by atoms with Crippen LogP contribution in [0, 0.1) is 5.92 Å². The van der Waals surface area contributed by atoms with Gasteiger partial charge in [0, 0.05) is 13.1 Å². The summed E-state index contributed by atoms with van der Waals surface area (Å²) < 4.78 is 1.78. The fourth-order valence-electron chi connectivity index (χ4n) is 3.13. The van der Waals surface area contributed by atoms with Crippen molar-refractivity contribution in [1.82, 2.24) is 20.0 Å². The maximum atomic E-state index is 9.43. The topological polar surface area (TPSA) is 67.1 Å². The number of aliphatic hydroxyl groups is 1. The Morgan fingerprint density at radius 3 is 2.57 bits per heavy atom. The van der Waals surface area contributed by atoms with E-state index in [1.807, 2.05) is 12.3 Å². The maximum absolute atomic E-state index is 9.43. The van der Waals surface area contributed by atoms with Crippen LogP contribution in [0.3, 0.4) is 0 Å². The van der Waals surface area contributed by atoms with Crippen LogP contribution in [0.1, 0.15) is 50.9 Å². The lowest BCUT2D eigenvalue weighted by Crippen LogP contribution is -2.33. The molecular weight excluding hydrogens is 290 g/mol. The largest absolute Gasteiger partial charge is 0.390 e. The lowest BCUT2D eigenvalue weighted by molar-refractivity contribution is 0.275. The molecule has 3 rings (SSSR count). The highest BCUT2D eigenvalue weighted by atomic mass is 16.3. The Morgan fingerprint density at radius 1 is 1.26 bits per heavy atom. The summed E-state index contributed by atoms with van der Waals surface area (Å²) in [6.07, 6.45) is 4.29. The molecule has 1 saturated heterocycles. The number of nitrogens with zero attached hydrogens (tertiary/aromatic N) is 5. The number of aromatic nitrogens is 4. The van der Waals surface area contributed by atoms with Crippen LogP contribution >= 0.6 is 0 Å². The Morgan fingerprint density at radius 2 is 2.00 bits per heavy atom. The van der Waals surface area contributed by atoms with Crippen molar-refractivity contribution >= 4 is 5.82 Å². The Kier molecular flexibility index (Phi) is 4.61. The molecule has 0 bridgehead atoms. The fraction of sp³-hybridized carbons (Fsp3) is 0.588. The van der Waals surface area contributed by atoms with Crippen molar-refractivity contribution in [2.24, 2.45) is 5.92 Å². The molecule has 1 aliphatic rings. The molecule has 0 saturated carbocycles. The predicted molar refractivity (Wildman–Crippen MR) is 89.8 cm³/mol. The molecule has 1 N–H and O–H groups in total. The lowest BCUT2D eigenvalue weighted by atomic mass is 9.99. The lowest BCUT2D eigenvalue weighted by Gasteiger charge is -2.31. The van der Waals surface area contributed by atoms with Crippen molar-refractivity contribution in [3.05, 3.63) is 29.7 Å². The predicted octanol–water partition coefficient (Wildman–Crippen LogP) is 2.51. The third kappa shape index (κ3) is 3.22. The average molecular weight is 315 g/mol. The van der Waals surface area contributed by atoms with E-state index in [2.05, 4.69) is 47.0 Å². The highest BCUT2D eigenvalue weighted by Crippen LogP contribution is 2.24. The van der Waals surface area contributed by atoms with Crippen LogP contribution in [0.2, 0.25) is 0 Å². The molecule has 0 aromatic carbocycles. The van der Waals surface area contributed by atoms with Gasteiger partial charge in [0.2, 0.25) is 0 Å². The Hall–Kier alpha value is -1.95. The van der Waals surface area contributed by atoms with Crippen LogP contribution in [-0.4, -0.2) is 38.2 Å². The van der Waals surface area contributed by atoms with E-state index in [1.54, 1.807) is 4.68 Å². The smallest absolute Gasteiger partial charge is 0.128 e. The molecule has 3 heterocycles. The van der Waals surface area contributed by atoms with Gasteiger partial charge in [-0.05, 0) is 36.8 Å². The van der Waals surface area contributed by atoms with E-state index in [0.717, 1.165) is 36.2 Å². The van der Waals surface area contributed by atoms with E-state index in [1.165, 1.54) is 12.8 Å². The molecule has 0 radical (unpaired) electrons. The Bertz CT molecular complexity index is 642. The summed E-state index contributed by atoms with van der Waals surface area (Å²) in [4.78, 5) is 6.96. The Balaban J connectivity index is 1.84. The first-order valence-corrected chi connectivity index (χ1v) is 8.37. The van der Waals surface area contributed by atoms with Gasteiger partial charge in [0.25, 0.3) is 0 Å². The van der Waals surface area contributed by atoms with Crippen LogP contribution in [0.4, 0.5) is 5.82 Å². The van der Waals surface area contributed by atoms with Crippen molar-refractivity contribution in [1.29, 1.82) is 0 Å². The van der Waals surface area contributed by atoms with Crippen molar-refractivity contribution in [2.75, 3.05) is 18.0 Å². The number of rotatable bonds is 4. The standard InChI is InChI=1S/C17H25N5O/c1-12(2)17-15(11-23)19-20-22(17)14-4-5-16(18-10-14)21-8-6-13(3)7-9-21/h4-5,10,12-13,23H,6-9,11H2,1-3H3. The summed E-state index contributed by atoms with van der Waals surface area (Å²) in [5.41, 5.74) is 2.46. The highest BCUT2D eigenvalue weighted by Gasteiger charge is 2.19. The maximum Gasteiger partial charge on any atom is 0.128 e. The number of aliphatic hydroxyl groups excluding tert-OH is 1. The molecule has 2 aromatic rings. The first-order valence-electron chi connectivity index (χ1n) is 8.37. The monoisotopic (exact) mass is 315 g/mol. The van der Waals surface area contributed by atoms with Gasteiger partial charge in [-0.1, -0.05) is 26.0 Å². The molecule has 0 amide bonds. The first kappa shape index (κ1) is 15.9. The van der Waals surface area contributed by atoms with E-state index < -0.39 is 0 Å². The van der Waals surface area contributed by atoms with Gasteiger partial charge in [0.15, 0.2) is 0 Å². The first-order chi connectivity index (χ1) is 11.1. The number of piperidine rings is 1. The normalized spacial score (nSPS) is 16.3. The van der Waals surface area contributed by atoms with Gasteiger partial charge in [-0.15, -0.1) is 5.10 Å². The molecule has 6 heteroatoms. The number of hydrogen-bond acceptors (Lipinski definition) is 5. The Labute approximate surface area is 137 Å². The number of anilines is 1. The summed E-state index contributed by atoms with van der Waals surface area (Å²) in [6, 6.07) is 4.08. The molecule has 6 nitrogen and oxygen atoms in total. The summed E-state index contributed by atoms with van der Waals surface area (Å²) in [5.74, 6) is 2.07. The molecule has 23 heavy (non-hydrogen) atoms. The molecule has 2 aromatic heterocycles. The van der Waals surface area contributed by atoms with Crippen LogP contribution in [0.5, 0.6) is 0 Å². The second-order valence-electron chi connectivity index (χ2n) is 6.69. The third-order valence-corrected chi connectivity index (χ3v) is 4.56. The van der Waals surface area contributed by atoms with E-state index in [0.29, 0.717) is 5.69 Å². The van der Waals surface area contributed by atoms with Crippen molar-refractivity contribution in [3.8, 4) is 5.69 Å². The van der Waals surface area contributed by atoms with Crippen LogP contribution in [0.15, 0.2) is 18.3 Å². The van der Waals surface area contributed by atoms with Crippen LogP contribution in [0.25, 0.3) is 5.69 Å². The fourth-order valence-corrected chi connectivity index (χ4v) is 3.13. The molecule has 1 fully saturated rings. The van der Waals surface area contributed by atoms with E-state index in [9.17, 15) is 5.11 Å². The van der Waals surface area contributed by atoms with Crippen molar-refractivity contribution in [3.63, 3.8) is 0 Å². The molecule has 0 atom stereocenters. The van der Waals surface area contributed by atoms with E-state index in [-0.39, 0.29) is 12.5 Å². The molecule has 124 valence electrons. The van der Waals surface area contributed by atoms with E-state index >= 15 is 0 Å². The number of hydrogen-bond donors (Lipinski definition) is 1. The third-order valence-electron chi connectivity index (χ3n) is 4.56. The summed E-state index contributed by atoms with van der Waals surface area (Å²) in [5, 5.41) is 17.7. The zero-order chi connectivity index (χ0) is 16.4. The SMILES string of the molecule is CC1CCN(c2ccc(-n3nnc(CO)c3C(C)C)cn2)CC1. The van der Waals surface area contributed by atoms with Gasteiger partial charge >= 0.3 is 0 Å². The average Bonchev–Trinajstić information content (AvgIpc) is 3.00.